The molecule has 0 fully saturated rings. The van der Waals surface area contributed by atoms with Gasteiger partial charge in [-0.2, -0.15) is 5.10 Å². The molecule has 7 nitrogen and oxygen atoms in total. The van der Waals surface area contributed by atoms with Crippen LogP contribution in [0, 0.1) is 10.1 Å². The van der Waals surface area contributed by atoms with Crippen molar-refractivity contribution in [1.82, 2.24) is 14.7 Å². The normalized spacial score (nSPS) is 11.3. The lowest BCUT2D eigenvalue weighted by atomic mass is 10.1. The van der Waals surface area contributed by atoms with Crippen molar-refractivity contribution in [3.05, 3.63) is 15.8 Å². The minimum atomic E-state index is -0.343. The van der Waals surface area contributed by atoms with Crippen LogP contribution >= 0.6 is 0 Å². The SMILES string of the molecule is CC(C)c1nn(C)c(NCCCCN(C)C)c1[N+](=O)[O-]. The zero-order chi connectivity index (χ0) is 15.3. The van der Waals surface area contributed by atoms with Gasteiger partial charge >= 0.3 is 5.69 Å². The molecule has 0 bridgehead atoms. The number of nitrogens with zero attached hydrogens (tertiary/aromatic N) is 4. The van der Waals surface area contributed by atoms with E-state index in [-0.39, 0.29) is 16.5 Å². The van der Waals surface area contributed by atoms with Gasteiger partial charge in [-0.1, -0.05) is 13.8 Å². The van der Waals surface area contributed by atoms with Gasteiger partial charge in [0.1, 0.15) is 5.69 Å². The second-order valence-corrected chi connectivity index (χ2v) is 5.56. The molecule has 1 rings (SSSR count). The molecule has 0 unspecified atom stereocenters. The Hall–Kier alpha value is -1.63. The quantitative estimate of drug-likeness (QED) is 0.449. The Morgan fingerprint density at radius 2 is 2.05 bits per heavy atom. The Kier molecular flexibility index (Phi) is 5.94. The van der Waals surface area contributed by atoms with Crippen molar-refractivity contribution < 1.29 is 4.92 Å². The predicted molar refractivity (Wildman–Crippen MR) is 80.2 cm³/mol. The molecule has 0 saturated heterocycles. The maximum atomic E-state index is 11.2. The monoisotopic (exact) mass is 283 g/mol. The molecule has 1 N–H and O–H groups in total. The summed E-state index contributed by atoms with van der Waals surface area (Å²) in [4.78, 5) is 13.0. The molecule has 1 aromatic heterocycles. The van der Waals surface area contributed by atoms with Crippen LogP contribution in [-0.4, -0.2) is 46.8 Å². The molecule has 0 amide bonds. The maximum absolute atomic E-state index is 11.2. The van der Waals surface area contributed by atoms with E-state index in [1.807, 2.05) is 27.9 Å². The number of aryl methyl sites for hydroxylation is 1. The van der Waals surface area contributed by atoms with Gasteiger partial charge in [0.15, 0.2) is 0 Å². The number of hydrogen-bond donors (Lipinski definition) is 1. The fraction of sp³-hybridized carbons (Fsp3) is 0.769. The van der Waals surface area contributed by atoms with Gasteiger partial charge in [0.2, 0.25) is 5.82 Å². The number of unbranched alkanes of at least 4 members (excludes halogenated alkanes) is 1. The van der Waals surface area contributed by atoms with E-state index in [0.717, 1.165) is 19.4 Å². The number of hydrogen-bond acceptors (Lipinski definition) is 5. The number of rotatable bonds is 8. The molecule has 20 heavy (non-hydrogen) atoms. The highest BCUT2D eigenvalue weighted by atomic mass is 16.6. The molecule has 0 atom stereocenters. The van der Waals surface area contributed by atoms with E-state index in [1.165, 1.54) is 0 Å². The molecule has 1 aromatic rings. The Balaban J connectivity index is 2.72. The number of anilines is 1. The summed E-state index contributed by atoms with van der Waals surface area (Å²) >= 11 is 0. The number of nitrogens with one attached hydrogen (secondary N) is 1. The Morgan fingerprint density at radius 1 is 1.40 bits per heavy atom. The van der Waals surface area contributed by atoms with Gasteiger partial charge in [-0.05, 0) is 33.5 Å². The van der Waals surface area contributed by atoms with Gasteiger partial charge < -0.3 is 10.2 Å². The molecule has 0 aliphatic heterocycles. The summed E-state index contributed by atoms with van der Waals surface area (Å²) in [6.07, 6.45) is 2.03. The second kappa shape index (κ2) is 7.23. The van der Waals surface area contributed by atoms with Crippen molar-refractivity contribution in [2.45, 2.75) is 32.6 Å². The van der Waals surface area contributed by atoms with Gasteiger partial charge in [-0.3, -0.25) is 10.1 Å². The van der Waals surface area contributed by atoms with Gasteiger partial charge in [-0.25, -0.2) is 4.68 Å². The lowest BCUT2D eigenvalue weighted by Crippen LogP contribution is -2.15. The van der Waals surface area contributed by atoms with Crippen molar-refractivity contribution in [1.29, 1.82) is 0 Å². The summed E-state index contributed by atoms with van der Waals surface area (Å²) in [5, 5.41) is 18.7. The van der Waals surface area contributed by atoms with Crippen molar-refractivity contribution in [3.8, 4) is 0 Å². The average molecular weight is 283 g/mol. The second-order valence-electron chi connectivity index (χ2n) is 5.56. The van der Waals surface area contributed by atoms with E-state index in [2.05, 4.69) is 15.3 Å². The number of aromatic nitrogens is 2. The van der Waals surface area contributed by atoms with E-state index in [4.69, 9.17) is 0 Å². The van der Waals surface area contributed by atoms with Crippen molar-refractivity contribution in [2.24, 2.45) is 7.05 Å². The first-order valence-corrected chi connectivity index (χ1v) is 6.94. The van der Waals surface area contributed by atoms with Crippen LogP contribution in [0.1, 0.15) is 38.3 Å². The van der Waals surface area contributed by atoms with Gasteiger partial charge in [0.05, 0.1) is 4.92 Å². The Morgan fingerprint density at radius 3 is 2.55 bits per heavy atom. The van der Waals surface area contributed by atoms with Crippen LogP contribution in [0.4, 0.5) is 11.5 Å². The summed E-state index contributed by atoms with van der Waals surface area (Å²) < 4.78 is 1.57. The summed E-state index contributed by atoms with van der Waals surface area (Å²) in [5.41, 5.74) is 0.642. The lowest BCUT2D eigenvalue weighted by Gasteiger charge is -2.09. The first-order valence-electron chi connectivity index (χ1n) is 6.94. The van der Waals surface area contributed by atoms with Crippen LogP contribution in [0.15, 0.2) is 0 Å². The third-order valence-electron chi connectivity index (χ3n) is 3.10. The van der Waals surface area contributed by atoms with Crippen LogP contribution in [0.5, 0.6) is 0 Å². The molecule has 0 radical (unpaired) electrons. The van der Waals surface area contributed by atoms with Gasteiger partial charge in [-0.15, -0.1) is 0 Å². The molecule has 0 aliphatic carbocycles. The molecule has 7 heteroatoms. The van der Waals surface area contributed by atoms with E-state index in [1.54, 1.807) is 11.7 Å². The molecule has 0 aliphatic rings. The van der Waals surface area contributed by atoms with E-state index in [0.29, 0.717) is 18.1 Å². The third kappa shape index (κ3) is 4.19. The van der Waals surface area contributed by atoms with Crippen LogP contribution in [-0.2, 0) is 7.05 Å². The third-order valence-corrected chi connectivity index (χ3v) is 3.10. The maximum Gasteiger partial charge on any atom is 0.334 e. The first-order chi connectivity index (χ1) is 9.34. The standard InChI is InChI=1S/C13H25N5O2/c1-10(2)11-12(18(19)20)13(17(5)15-11)14-8-6-7-9-16(3)4/h10,14H,6-9H2,1-5H3. The van der Waals surface area contributed by atoms with Crippen molar-refractivity contribution in [3.63, 3.8) is 0 Å². The highest BCUT2D eigenvalue weighted by molar-refractivity contribution is 5.60. The largest absolute Gasteiger partial charge is 0.365 e. The fourth-order valence-corrected chi connectivity index (χ4v) is 2.06. The zero-order valence-electron chi connectivity index (χ0n) is 13.0. The number of nitro groups is 1. The molecule has 0 aromatic carbocycles. The fourth-order valence-electron chi connectivity index (χ4n) is 2.06. The van der Waals surface area contributed by atoms with Gasteiger partial charge in [0.25, 0.3) is 0 Å². The first kappa shape index (κ1) is 16.4. The van der Waals surface area contributed by atoms with E-state index >= 15 is 0 Å². The topological polar surface area (TPSA) is 76.2 Å². The molecular formula is C13H25N5O2. The predicted octanol–water partition coefficient (Wildman–Crippen LogP) is 2.21. The molecule has 0 saturated carbocycles. The zero-order valence-corrected chi connectivity index (χ0v) is 13.0. The van der Waals surface area contributed by atoms with Gasteiger partial charge in [0, 0.05) is 19.5 Å². The summed E-state index contributed by atoms with van der Waals surface area (Å²) in [6.45, 7) is 5.56. The van der Waals surface area contributed by atoms with E-state index in [9.17, 15) is 10.1 Å². The molecular weight excluding hydrogens is 258 g/mol. The average Bonchev–Trinajstić information content (AvgIpc) is 2.66. The highest BCUT2D eigenvalue weighted by Crippen LogP contribution is 2.32. The van der Waals surface area contributed by atoms with E-state index < -0.39 is 0 Å². The smallest absolute Gasteiger partial charge is 0.334 e. The molecule has 0 spiro atoms. The van der Waals surface area contributed by atoms with Crippen LogP contribution in [0.3, 0.4) is 0 Å². The van der Waals surface area contributed by atoms with Crippen molar-refractivity contribution in [2.75, 3.05) is 32.5 Å². The van der Waals surface area contributed by atoms with Crippen molar-refractivity contribution >= 4 is 11.5 Å². The summed E-state index contributed by atoms with van der Waals surface area (Å²) in [5.74, 6) is 0.537. The Bertz CT molecular complexity index is 454. The summed E-state index contributed by atoms with van der Waals surface area (Å²) in [6, 6.07) is 0. The summed E-state index contributed by atoms with van der Waals surface area (Å²) in [7, 11) is 5.81. The molecule has 1 heterocycles. The minimum Gasteiger partial charge on any atom is -0.365 e. The molecule has 114 valence electrons. The van der Waals surface area contributed by atoms with Crippen LogP contribution in [0.2, 0.25) is 0 Å². The minimum absolute atomic E-state index is 0.0332. The lowest BCUT2D eigenvalue weighted by molar-refractivity contribution is -0.384. The van der Waals surface area contributed by atoms with Crippen LogP contribution < -0.4 is 5.32 Å². The highest BCUT2D eigenvalue weighted by Gasteiger charge is 2.27. The Labute approximate surface area is 120 Å². The van der Waals surface area contributed by atoms with Crippen LogP contribution in [0.25, 0.3) is 0 Å².